The maximum Gasteiger partial charge on any atom is 0.230 e. The van der Waals surface area contributed by atoms with Crippen LogP contribution in [-0.4, -0.2) is 6.17 Å². The van der Waals surface area contributed by atoms with Crippen molar-refractivity contribution in [3.63, 3.8) is 0 Å². The molecule has 0 aliphatic heterocycles. The zero-order valence-electron chi connectivity index (χ0n) is 9.63. The van der Waals surface area contributed by atoms with Crippen LogP contribution in [0.3, 0.4) is 0 Å². The van der Waals surface area contributed by atoms with Crippen LogP contribution in [0.2, 0.25) is 0 Å². The molecule has 0 amide bonds. The van der Waals surface area contributed by atoms with Crippen molar-refractivity contribution in [3.05, 3.63) is 58.5 Å². The molecule has 0 aromatic heterocycles. The van der Waals surface area contributed by atoms with Gasteiger partial charge in [-0.15, -0.1) is 0 Å². The van der Waals surface area contributed by atoms with Crippen LogP contribution < -0.4 is 0 Å². The molecule has 1 aliphatic carbocycles. The summed E-state index contributed by atoms with van der Waals surface area (Å²) < 4.78 is 120. The van der Waals surface area contributed by atoms with E-state index in [0.29, 0.717) is 0 Å². The van der Waals surface area contributed by atoms with Crippen LogP contribution in [0.15, 0.2) is 23.8 Å². The molecule has 0 heterocycles. The van der Waals surface area contributed by atoms with Gasteiger partial charge in [0.1, 0.15) is 0 Å². The summed E-state index contributed by atoms with van der Waals surface area (Å²) in [7, 11) is 0. The van der Waals surface area contributed by atoms with Gasteiger partial charge in [-0.3, -0.25) is 0 Å². The van der Waals surface area contributed by atoms with Crippen molar-refractivity contribution < 1.29 is 39.5 Å². The van der Waals surface area contributed by atoms with Gasteiger partial charge in [-0.2, -0.15) is 0 Å². The Kier molecular flexibility index (Phi) is 3.54. The fourth-order valence-electron chi connectivity index (χ4n) is 1.84. The average Bonchev–Trinajstić information content (AvgIpc) is 2.45. The fraction of sp³-hybridized carbons (Fsp3) is 0.167. The molecule has 2 unspecified atom stereocenters. The second kappa shape index (κ2) is 4.81. The van der Waals surface area contributed by atoms with Gasteiger partial charge in [0.05, 0.1) is 5.56 Å². The van der Waals surface area contributed by atoms with E-state index in [0.717, 1.165) is 0 Å². The van der Waals surface area contributed by atoms with E-state index in [1.165, 1.54) is 0 Å². The first-order chi connectivity index (χ1) is 9.63. The van der Waals surface area contributed by atoms with Crippen LogP contribution in [0.1, 0.15) is 5.56 Å². The summed E-state index contributed by atoms with van der Waals surface area (Å²) in [5, 5.41) is 0. The summed E-state index contributed by atoms with van der Waals surface area (Å²) in [5.74, 6) is -18.1. The lowest BCUT2D eigenvalue weighted by Crippen LogP contribution is -2.37. The minimum absolute atomic E-state index is 0.0520. The molecule has 21 heavy (non-hydrogen) atoms. The van der Waals surface area contributed by atoms with Crippen molar-refractivity contribution in [1.29, 1.82) is 0 Å². The second-order valence-corrected chi connectivity index (χ2v) is 4.08. The summed E-state index contributed by atoms with van der Waals surface area (Å²) >= 11 is 0. The van der Waals surface area contributed by atoms with Gasteiger partial charge in [0, 0.05) is 0 Å². The van der Waals surface area contributed by atoms with Crippen molar-refractivity contribution in [3.8, 4) is 0 Å². The Morgan fingerprint density at radius 1 is 0.762 bits per heavy atom. The van der Waals surface area contributed by atoms with Crippen molar-refractivity contribution >= 4 is 0 Å². The number of hydrogen-bond acceptors (Lipinski definition) is 0. The van der Waals surface area contributed by atoms with Crippen LogP contribution >= 0.6 is 0 Å². The highest BCUT2D eigenvalue weighted by Gasteiger charge is 2.54. The average molecular weight is 318 g/mol. The number of hydrogen-bond donors (Lipinski definition) is 0. The summed E-state index contributed by atoms with van der Waals surface area (Å²) in [5.41, 5.74) is -6.93. The predicted molar refractivity (Wildman–Crippen MR) is 52.3 cm³/mol. The van der Waals surface area contributed by atoms with Crippen molar-refractivity contribution in [2.45, 2.75) is 11.8 Å². The predicted octanol–water partition coefficient (Wildman–Crippen LogP) is 4.61. The zero-order valence-corrected chi connectivity index (χ0v) is 9.63. The Morgan fingerprint density at radius 3 is 1.67 bits per heavy atom. The van der Waals surface area contributed by atoms with Crippen LogP contribution in [-0.2, 0) is 5.67 Å². The van der Waals surface area contributed by atoms with Gasteiger partial charge in [-0.1, -0.05) is 0 Å². The molecule has 0 N–H and O–H groups in total. The molecular formula is C12H3F9. The third-order valence-corrected chi connectivity index (χ3v) is 2.89. The topological polar surface area (TPSA) is 0 Å². The van der Waals surface area contributed by atoms with Crippen LogP contribution in [0.4, 0.5) is 39.5 Å². The van der Waals surface area contributed by atoms with Crippen molar-refractivity contribution in [2.24, 2.45) is 0 Å². The molecule has 114 valence electrons. The number of rotatable bonds is 1. The Bertz CT molecular complexity index is 647. The summed E-state index contributed by atoms with van der Waals surface area (Å²) in [6, 6.07) is 0. The highest BCUT2D eigenvalue weighted by atomic mass is 19.2. The van der Waals surface area contributed by atoms with Crippen LogP contribution in [0.5, 0.6) is 0 Å². The molecule has 0 saturated heterocycles. The fourth-order valence-corrected chi connectivity index (χ4v) is 1.84. The maximum atomic E-state index is 14.3. The van der Waals surface area contributed by atoms with Gasteiger partial charge >= 0.3 is 0 Å². The van der Waals surface area contributed by atoms with Gasteiger partial charge in [-0.05, 0) is 12.2 Å². The molecule has 0 spiro atoms. The zero-order chi connectivity index (χ0) is 16.1. The molecule has 1 aromatic carbocycles. The summed E-state index contributed by atoms with van der Waals surface area (Å²) in [6.45, 7) is 0. The number of halogens is 9. The molecule has 2 atom stereocenters. The minimum Gasteiger partial charge on any atom is -0.238 e. The monoisotopic (exact) mass is 318 g/mol. The minimum atomic E-state index is -4.50. The molecule has 0 saturated carbocycles. The lowest BCUT2D eigenvalue weighted by atomic mass is 9.85. The number of alkyl halides is 2. The SMILES string of the molecule is FC1=C(F)C(F)(c2c(F)c(F)c(F)c(F)c2F)C(F)C=C1. The lowest BCUT2D eigenvalue weighted by molar-refractivity contribution is 0.0702. The Balaban J connectivity index is 2.87. The first-order valence-electron chi connectivity index (χ1n) is 5.22. The Morgan fingerprint density at radius 2 is 1.19 bits per heavy atom. The van der Waals surface area contributed by atoms with E-state index in [-0.39, 0.29) is 12.2 Å². The highest BCUT2D eigenvalue weighted by molar-refractivity contribution is 5.43. The van der Waals surface area contributed by atoms with Gasteiger partial charge in [0.25, 0.3) is 0 Å². The Labute approximate surface area is 111 Å². The molecule has 2 rings (SSSR count). The standard InChI is InChI=1S/C12H3F9/c13-3-1-2-4(14)12(21,11(3)20)5-6(15)8(17)10(19)9(18)7(5)16/h1-2,4H. The number of benzene rings is 1. The van der Waals surface area contributed by atoms with E-state index in [9.17, 15) is 39.5 Å². The van der Waals surface area contributed by atoms with Gasteiger partial charge < -0.3 is 0 Å². The maximum absolute atomic E-state index is 14.3. The quantitative estimate of drug-likeness (QED) is 0.403. The highest BCUT2D eigenvalue weighted by Crippen LogP contribution is 2.47. The molecule has 0 fully saturated rings. The van der Waals surface area contributed by atoms with Crippen molar-refractivity contribution in [1.82, 2.24) is 0 Å². The van der Waals surface area contributed by atoms with E-state index in [2.05, 4.69) is 0 Å². The molecule has 1 aromatic rings. The summed E-state index contributed by atoms with van der Waals surface area (Å²) in [6.07, 6.45) is -3.01. The largest absolute Gasteiger partial charge is 0.238 e. The molecule has 0 radical (unpaired) electrons. The van der Waals surface area contributed by atoms with E-state index in [1.807, 2.05) is 0 Å². The smallest absolute Gasteiger partial charge is 0.230 e. The normalized spacial score (nSPS) is 25.7. The first kappa shape index (κ1) is 15.5. The first-order valence-corrected chi connectivity index (χ1v) is 5.22. The van der Waals surface area contributed by atoms with E-state index in [4.69, 9.17) is 0 Å². The molecule has 1 aliphatic rings. The van der Waals surface area contributed by atoms with E-state index in [1.54, 1.807) is 0 Å². The third-order valence-electron chi connectivity index (χ3n) is 2.89. The van der Waals surface area contributed by atoms with Crippen LogP contribution in [0, 0.1) is 29.1 Å². The Hall–Kier alpha value is -1.93. The molecular weight excluding hydrogens is 315 g/mol. The summed E-state index contributed by atoms with van der Waals surface area (Å²) in [4.78, 5) is 0. The molecule has 0 nitrogen and oxygen atoms in total. The number of allylic oxidation sites excluding steroid dienone is 4. The molecule has 9 heteroatoms. The van der Waals surface area contributed by atoms with E-state index < -0.39 is 58.1 Å². The van der Waals surface area contributed by atoms with Gasteiger partial charge in [-0.25, -0.2) is 39.5 Å². The third kappa shape index (κ3) is 1.94. The van der Waals surface area contributed by atoms with Crippen molar-refractivity contribution in [2.75, 3.05) is 0 Å². The van der Waals surface area contributed by atoms with Gasteiger partial charge in [0.15, 0.2) is 41.1 Å². The van der Waals surface area contributed by atoms with E-state index >= 15 is 0 Å². The molecule has 0 bridgehead atoms. The van der Waals surface area contributed by atoms with Gasteiger partial charge in [0.2, 0.25) is 11.5 Å². The van der Waals surface area contributed by atoms with Crippen LogP contribution in [0.25, 0.3) is 0 Å². The second-order valence-electron chi connectivity index (χ2n) is 4.08. The lowest BCUT2D eigenvalue weighted by Gasteiger charge is -2.29.